The zero-order valence-electron chi connectivity index (χ0n) is 11.6. The number of hydrogen-bond donors (Lipinski definition) is 2. The van der Waals surface area contributed by atoms with Crippen LogP contribution < -0.4 is 5.32 Å². The fourth-order valence-electron chi connectivity index (χ4n) is 2.05. The molecule has 0 aliphatic rings. The first kappa shape index (κ1) is 13.6. The molecule has 0 fully saturated rings. The van der Waals surface area contributed by atoms with Crippen molar-refractivity contribution in [3.05, 3.63) is 65.2 Å². The van der Waals surface area contributed by atoms with Crippen molar-refractivity contribution in [2.75, 3.05) is 11.9 Å². The lowest BCUT2D eigenvalue weighted by molar-refractivity contribution is 0.171. The molecule has 0 aliphatic carbocycles. The normalized spacial score (nSPS) is 12.2. The monoisotopic (exact) mass is 255 g/mol. The second-order valence-corrected chi connectivity index (χ2v) is 4.94. The highest BCUT2D eigenvalue weighted by Gasteiger charge is 2.07. The van der Waals surface area contributed by atoms with E-state index in [9.17, 15) is 5.11 Å². The van der Waals surface area contributed by atoms with Crippen LogP contribution in [0.3, 0.4) is 0 Å². The van der Waals surface area contributed by atoms with Crippen molar-refractivity contribution in [1.29, 1.82) is 0 Å². The Morgan fingerprint density at radius 1 is 1.00 bits per heavy atom. The van der Waals surface area contributed by atoms with Crippen LogP contribution in [0.2, 0.25) is 0 Å². The molecule has 2 heteroatoms. The van der Waals surface area contributed by atoms with Crippen LogP contribution in [0.5, 0.6) is 0 Å². The van der Waals surface area contributed by atoms with Gasteiger partial charge in [0.25, 0.3) is 0 Å². The van der Waals surface area contributed by atoms with Gasteiger partial charge in [-0.3, -0.25) is 0 Å². The summed E-state index contributed by atoms with van der Waals surface area (Å²) in [5, 5.41) is 13.5. The smallest absolute Gasteiger partial charge is 0.0806 e. The van der Waals surface area contributed by atoms with E-state index >= 15 is 0 Å². The second-order valence-electron chi connectivity index (χ2n) is 4.94. The van der Waals surface area contributed by atoms with Gasteiger partial charge < -0.3 is 10.4 Å². The van der Waals surface area contributed by atoms with Crippen molar-refractivity contribution in [3.8, 4) is 0 Å². The number of para-hydroxylation sites is 1. The molecule has 19 heavy (non-hydrogen) atoms. The Morgan fingerprint density at radius 3 is 2.42 bits per heavy atom. The van der Waals surface area contributed by atoms with Crippen molar-refractivity contribution >= 4 is 5.69 Å². The fraction of sp³-hybridized carbons (Fsp3) is 0.294. The zero-order chi connectivity index (χ0) is 13.7. The van der Waals surface area contributed by atoms with Gasteiger partial charge in [0.1, 0.15) is 0 Å². The predicted molar refractivity (Wildman–Crippen MR) is 80.4 cm³/mol. The predicted octanol–water partition coefficient (Wildman–Crippen LogP) is 3.84. The van der Waals surface area contributed by atoms with Gasteiger partial charge in [0.05, 0.1) is 6.10 Å². The van der Waals surface area contributed by atoms with Gasteiger partial charge in [-0.25, -0.2) is 0 Å². The van der Waals surface area contributed by atoms with Gasteiger partial charge in [0.2, 0.25) is 0 Å². The first-order valence-electron chi connectivity index (χ1n) is 6.71. The first-order valence-corrected chi connectivity index (χ1v) is 6.71. The summed E-state index contributed by atoms with van der Waals surface area (Å²) in [5.74, 6) is 0. The standard InChI is InChI=1S/C17H21NO/c1-13-8-9-15(12-14(13)2)17(19)10-11-18-16-6-4-3-5-7-16/h3-9,12,17-19H,10-11H2,1-2H3. The lowest BCUT2D eigenvalue weighted by Gasteiger charge is -2.13. The molecule has 0 heterocycles. The summed E-state index contributed by atoms with van der Waals surface area (Å²) in [6, 6.07) is 16.2. The molecule has 0 saturated carbocycles. The number of anilines is 1. The maximum absolute atomic E-state index is 10.2. The molecule has 2 aromatic rings. The van der Waals surface area contributed by atoms with E-state index in [-0.39, 0.29) is 0 Å². The highest BCUT2D eigenvalue weighted by molar-refractivity contribution is 5.42. The van der Waals surface area contributed by atoms with Crippen LogP contribution in [0.15, 0.2) is 48.5 Å². The van der Waals surface area contributed by atoms with Crippen LogP contribution in [0.4, 0.5) is 5.69 Å². The van der Waals surface area contributed by atoms with E-state index < -0.39 is 6.10 Å². The lowest BCUT2D eigenvalue weighted by Crippen LogP contribution is -2.07. The summed E-state index contributed by atoms with van der Waals surface area (Å²) in [5.41, 5.74) is 4.58. The highest BCUT2D eigenvalue weighted by atomic mass is 16.3. The molecular weight excluding hydrogens is 234 g/mol. The third-order valence-corrected chi connectivity index (χ3v) is 3.44. The summed E-state index contributed by atoms with van der Waals surface area (Å²) >= 11 is 0. The summed E-state index contributed by atoms with van der Waals surface area (Å²) in [7, 11) is 0. The van der Waals surface area contributed by atoms with Crippen LogP contribution in [0.25, 0.3) is 0 Å². The summed E-state index contributed by atoms with van der Waals surface area (Å²) < 4.78 is 0. The molecule has 1 unspecified atom stereocenters. The third-order valence-electron chi connectivity index (χ3n) is 3.44. The third kappa shape index (κ3) is 3.83. The van der Waals surface area contributed by atoms with E-state index in [1.165, 1.54) is 11.1 Å². The van der Waals surface area contributed by atoms with Crippen molar-refractivity contribution in [2.45, 2.75) is 26.4 Å². The molecule has 2 rings (SSSR count). The number of aliphatic hydroxyl groups excluding tert-OH is 1. The molecule has 0 bridgehead atoms. The van der Waals surface area contributed by atoms with Crippen LogP contribution in [0, 0.1) is 13.8 Å². The summed E-state index contributed by atoms with van der Waals surface area (Å²) in [6.45, 7) is 4.92. The van der Waals surface area contributed by atoms with Gasteiger partial charge in [0.15, 0.2) is 0 Å². The molecule has 2 N–H and O–H groups in total. The van der Waals surface area contributed by atoms with Gasteiger partial charge in [-0.1, -0.05) is 36.4 Å². The van der Waals surface area contributed by atoms with Crippen LogP contribution >= 0.6 is 0 Å². The Bertz CT molecular complexity index is 522. The minimum atomic E-state index is -0.407. The molecule has 0 aromatic heterocycles. The Hall–Kier alpha value is -1.80. The molecule has 1 atom stereocenters. The van der Waals surface area contributed by atoms with E-state index in [1.807, 2.05) is 36.4 Å². The van der Waals surface area contributed by atoms with Crippen LogP contribution in [-0.4, -0.2) is 11.7 Å². The Balaban J connectivity index is 1.87. The van der Waals surface area contributed by atoms with E-state index in [2.05, 4.69) is 31.3 Å². The molecule has 0 spiro atoms. The van der Waals surface area contributed by atoms with Crippen molar-refractivity contribution in [2.24, 2.45) is 0 Å². The average Bonchev–Trinajstić information content (AvgIpc) is 2.43. The second kappa shape index (κ2) is 6.39. The number of rotatable bonds is 5. The first-order chi connectivity index (χ1) is 9.16. The number of nitrogens with one attached hydrogen (secondary N) is 1. The molecule has 2 nitrogen and oxygen atoms in total. The van der Waals surface area contributed by atoms with Gasteiger partial charge in [0, 0.05) is 12.2 Å². The molecule has 2 aromatic carbocycles. The van der Waals surface area contributed by atoms with Gasteiger partial charge in [-0.05, 0) is 49.1 Å². The fourth-order valence-corrected chi connectivity index (χ4v) is 2.05. The van der Waals surface area contributed by atoms with Crippen LogP contribution in [-0.2, 0) is 0 Å². The highest BCUT2D eigenvalue weighted by Crippen LogP contribution is 2.20. The largest absolute Gasteiger partial charge is 0.388 e. The zero-order valence-corrected chi connectivity index (χ0v) is 11.6. The molecular formula is C17H21NO. The molecule has 0 aliphatic heterocycles. The Morgan fingerprint density at radius 2 is 1.74 bits per heavy atom. The molecule has 100 valence electrons. The lowest BCUT2D eigenvalue weighted by atomic mass is 10.0. The van der Waals surface area contributed by atoms with E-state index in [4.69, 9.17) is 0 Å². The van der Waals surface area contributed by atoms with E-state index in [0.717, 1.165) is 17.8 Å². The SMILES string of the molecule is Cc1ccc(C(O)CCNc2ccccc2)cc1C. The van der Waals surface area contributed by atoms with Crippen molar-refractivity contribution in [3.63, 3.8) is 0 Å². The molecule has 0 saturated heterocycles. The Kier molecular flexibility index (Phi) is 4.58. The summed E-state index contributed by atoms with van der Waals surface area (Å²) in [6.07, 6.45) is 0.299. The number of benzene rings is 2. The number of aryl methyl sites for hydroxylation is 2. The topological polar surface area (TPSA) is 32.3 Å². The summed E-state index contributed by atoms with van der Waals surface area (Å²) in [4.78, 5) is 0. The van der Waals surface area contributed by atoms with Gasteiger partial charge >= 0.3 is 0 Å². The maximum atomic E-state index is 10.2. The number of aliphatic hydroxyl groups is 1. The molecule has 0 amide bonds. The number of hydrogen-bond acceptors (Lipinski definition) is 2. The van der Waals surface area contributed by atoms with E-state index in [0.29, 0.717) is 6.42 Å². The maximum Gasteiger partial charge on any atom is 0.0806 e. The minimum absolute atomic E-state index is 0.407. The Labute approximate surface area is 115 Å². The van der Waals surface area contributed by atoms with Gasteiger partial charge in [-0.2, -0.15) is 0 Å². The van der Waals surface area contributed by atoms with Gasteiger partial charge in [-0.15, -0.1) is 0 Å². The van der Waals surface area contributed by atoms with Crippen LogP contribution in [0.1, 0.15) is 29.2 Å². The van der Waals surface area contributed by atoms with Crippen molar-refractivity contribution in [1.82, 2.24) is 0 Å². The molecule has 0 radical (unpaired) electrons. The minimum Gasteiger partial charge on any atom is -0.388 e. The average molecular weight is 255 g/mol. The quantitative estimate of drug-likeness (QED) is 0.850. The van der Waals surface area contributed by atoms with E-state index in [1.54, 1.807) is 0 Å². The van der Waals surface area contributed by atoms with Crippen molar-refractivity contribution < 1.29 is 5.11 Å².